The molecule has 2 heterocycles. The zero-order valence-electron chi connectivity index (χ0n) is 17.7. The number of benzene rings is 1. The molecule has 10 heteroatoms. The molecule has 3 aromatic rings. The quantitative estimate of drug-likeness (QED) is 0.502. The van der Waals surface area contributed by atoms with Crippen LogP contribution in [-0.4, -0.2) is 36.6 Å². The van der Waals surface area contributed by atoms with Crippen LogP contribution in [-0.2, 0) is 18.4 Å². The van der Waals surface area contributed by atoms with E-state index in [1.807, 2.05) is 42.8 Å². The Labute approximate surface area is 189 Å². The Morgan fingerprint density at radius 3 is 2.87 bits per heavy atom. The smallest absolute Gasteiger partial charge is 0.236 e. The standard InChI is InChI=1S/C21H26N6O2S2/c1-14-7-6-10-16(11-14)29-12-17-23-26-21(27(17)2)30-13-18(28)22-20-25-24-19(31-20)15-8-4-3-5-9-15/h6-7,10-11,15H,3-5,8-9,12-13H2,1-2H3,(H,22,25,28). The summed E-state index contributed by atoms with van der Waals surface area (Å²) in [6.07, 6.45) is 6.13. The molecule has 0 saturated heterocycles. The fraction of sp³-hybridized carbons (Fsp3) is 0.476. The van der Waals surface area contributed by atoms with Crippen LogP contribution in [0.1, 0.15) is 54.4 Å². The molecule has 4 rings (SSSR count). The van der Waals surface area contributed by atoms with Crippen LogP contribution in [0.5, 0.6) is 5.75 Å². The summed E-state index contributed by atoms with van der Waals surface area (Å²) in [7, 11) is 1.87. The first-order valence-corrected chi connectivity index (χ1v) is 12.2. The van der Waals surface area contributed by atoms with Gasteiger partial charge in [-0.1, -0.05) is 54.5 Å². The zero-order valence-corrected chi connectivity index (χ0v) is 19.3. The number of aromatic nitrogens is 5. The monoisotopic (exact) mass is 458 g/mol. The molecule has 164 valence electrons. The lowest BCUT2D eigenvalue weighted by Gasteiger charge is -2.18. The van der Waals surface area contributed by atoms with Crippen molar-refractivity contribution < 1.29 is 9.53 Å². The van der Waals surface area contributed by atoms with E-state index in [2.05, 4.69) is 25.7 Å². The molecule has 1 saturated carbocycles. The van der Waals surface area contributed by atoms with E-state index in [1.165, 1.54) is 55.2 Å². The Bertz CT molecular complexity index is 1030. The maximum Gasteiger partial charge on any atom is 0.236 e. The number of thioether (sulfide) groups is 1. The predicted octanol–water partition coefficient (Wildman–Crippen LogP) is 4.33. The Hall–Kier alpha value is -2.46. The van der Waals surface area contributed by atoms with Gasteiger partial charge < -0.3 is 9.30 Å². The minimum Gasteiger partial charge on any atom is -0.486 e. The number of rotatable bonds is 8. The molecule has 2 aromatic heterocycles. The van der Waals surface area contributed by atoms with Crippen molar-refractivity contribution in [2.75, 3.05) is 11.1 Å². The number of carbonyl (C=O) groups excluding carboxylic acids is 1. The molecule has 1 aromatic carbocycles. The van der Waals surface area contributed by atoms with Gasteiger partial charge in [0.15, 0.2) is 11.0 Å². The molecule has 0 aliphatic heterocycles. The Kier molecular flexibility index (Phi) is 7.18. The summed E-state index contributed by atoms with van der Waals surface area (Å²) in [5, 5.41) is 21.9. The van der Waals surface area contributed by atoms with Crippen molar-refractivity contribution in [2.45, 2.75) is 56.7 Å². The maximum absolute atomic E-state index is 12.4. The van der Waals surface area contributed by atoms with Crippen molar-refractivity contribution in [1.82, 2.24) is 25.0 Å². The molecule has 31 heavy (non-hydrogen) atoms. The Balaban J connectivity index is 1.26. The highest BCUT2D eigenvalue weighted by molar-refractivity contribution is 7.99. The highest BCUT2D eigenvalue weighted by Gasteiger charge is 2.20. The van der Waals surface area contributed by atoms with Crippen molar-refractivity contribution in [1.29, 1.82) is 0 Å². The summed E-state index contributed by atoms with van der Waals surface area (Å²) in [6.45, 7) is 2.34. The molecule has 0 unspecified atom stereocenters. The molecule has 1 N–H and O–H groups in total. The minimum absolute atomic E-state index is 0.128. The van der Waals surface area contributed by atoms with E-state index in [0.717, 1.165) is 16.3 Å². The summed E-state index contributed by atoms with van der Waals surface area (Å²) in [5.41, 5.74) is 1.14. The molecule has 1 amide bonds. The number of ether oxygens (including phenoxy) is 1. The topological polar surface area (TPSA) is 94.8 Å². The fourth-order valence-corrected chi connectivity index (χ4v) is 5.19. The molecule has 0 atom stereocenters. The Morgan fingerprint density at radius 1 is 1.23 bits per heavy atom. The fourth-order valence-electron chi connectivity index (χ4n) is 3.53. The normalized spacial score (nSPS) is 14.5. The molecular weight excluding hydrogens is 432 g/mol. The van der Waals surface area contributed by atoms with Crippen LogP contribution in [0.15, 0.2) is 29.4 Å². The molecule has 0 bridgehead atoms. The number of hydrogen-bond donors (Lipinski definition) is 1. The van der Waals surface area contributed by atoms with Gasteiger partial charge in [0.05, 0.1) is 5.75 Å². The van der Waals surface area contributed by atoms with Gasteiger partial charge in [-0.25, -0.2) is 0 Å². The second-order valence-corrected chi connectivity index (χ2v) is 9.63. The Morgan fingerprint density at radius 2 is 2.06 bits per heavy atom. The van der Waals surface area contributed by atoms with Crippen LogP contribution < -0.4 is 10.1 Å². The van der Waals surface area contributed by atoms with Gasteiger partial charge in [0.2, 0.25) is 11.0 Å². The van der Waals surface area contributed by atoms with Crippen LogP contribution in [0, 0.1) is 6.92 Å². The molecule has 0 spiro atoms. The average molecular weight is 459 g/mol. The number of hydrogen-bond acceptors (Lipinski definition) is 8. The van der Waals surface area contributed by atoms with Crippen LogP contribution in [0.25, 0.3) is 0 Å². The number of nitrogens with zero attached hydrogens (tertiary/aromatic N) is 5. The van der Waals surface area contributed by atoms with Gasteiger partial charge >= 0.3 is 0 Å². The second kappa shape index (κ2) is 10.2. The lowest BCUT2D eigenvalue weighted by molar-refractivity contribution is -0.113. The summed E-state index contributed by atoms with van der Waals surface area (Å²) in [6, 6.07) is 7.87. The average Bonchev–Trinajstić information content (AvgIpc) is 3.38. The van der Waals surface area contributed by atoms with Crippen LogP contribution >= 0.6 is 23.1 Å². The first kappa shape index (κ1) is 21.8. The number of aryl methyl sites for hydroxylation is 1. The van der Waals surface area contributed by atoms with Gasteiger partial charge in [0.1, 0.15) is 17.4 Å². The number of nitrogens with one attached hydrogen (secondary N) is 1. The molecule has 1 fully saturated rings. The summed E-state index contributed by atoms with van der Waals surface area (Å²) < 4.78 is 7.65. The van der Waals surface area contributed by atoms with Gasteiger partial charge in [-0.2, -0.15) is 0 Å². The second-order valence-electron chi connectivity index (χ2n) is 7.68. The lowest BCUT2D eigenvalue weighted by Crippen LogP contribution is -2.14. The predicted molar refractivity (Wildman–Crippen MR) is 122 cm³/mol. The molecule has 0 radical (unpaired) electrons. The van der Waals surface area contributed by atoms with E-state index in [4.69, 9.17) is 4.74 Å². The SMILES string of the molecule is Cc1cccc(OCc2nnc(SCC(=O)Nc3nnc(C4CCCCC4)s3)n2C)c1. The summed E-state index contributed by atoms with van der Waals surface area (Å²) in [4.78, 5) is 12.4. The minimum atomic E-state index is -0.128. The highest BCUT2D eigenvalue weighted by Crippen LogP contribution is 2.35. The van der Waals surface area contributed by atoms with E-state index in [-0.39, 0.29) is 11.7 Å². The molecular formula is C21H26N6O2S2. The van der Waals surface area contributed by atoms with Crippen molar-refractivity contribution in [3.05, 3.63) is 40.7 Å². The van der Waals surface area contributed by atoms with Crippen molar-refractivity contribution in [3.63, 3.8) is 0 Å². The van der Waals surface area contributed by atoms with E-state index in [1.54, 1.807) is 0 Å². The van der Waals surface area contributed by atoms with Gasteiger partial charge in [-0.15, -0.1) is 20.4 Å². The van der Waals surface area contributed by atoms with Crippen molar-refractivity contribution in [3.8, 4) is 5.75 Å². The summed E-state index contributed by atoms with van der Waals surface area (Å²) in [5.74, 6) is 2.08. The van der Waals surface area contributed by atoms with Gasteiger partial charge in [0.25, 0.3) is 0 Å². The van der Waals surface area contributed by atoms with Crippen LogP contribution in [0.2, 0.25) is 0 Å². The van der Waals surface area contributed by atoms with Crippen molar-refractivity contribution >= 4 is 34.1 Å². The molecule has 8 nitrogen and oxygen atoms in total. The zero-order chi connectivity index (χ0) is 21.6. The number of anilines is 1. The third-order valence-corrected chi connectivity index (χ3v) is 7.28. The first-order valence-electron chi connectivity index (χ1n) is 10.4. The van der Waals surface area contributed by atoms with Crippen LogP contribution in [0.3, 0.4) is 0 Å². The third-order valence-electron chi connectivity index (χ3n) is 5.26. The maximum atomic E-state index is 12.4. The van der Waals surface area contributed by atoms with E-state index in [9.17, 15) is 4.79 Å². The van der Waals surface area contributed by atoms with Gasteiger partial charge in [-0.05, 0) is 37.5 Å². The molecule has 1 aliphatic rings. The number of amides is 1. The van der Waals surface area contributed by atoms with Gasteiger partial charge in [-0.3, -0.25) is 10.1 Å². The van der Waals surface area contributed by atoms with E-state index in [0.29, 0.717) is 28.6 Å². The van der Waals surface area contributed by atoms with Gasteiger partial charge in [0, 0.05) is 13.0 Å². The highest BCUT2D eigenvalue weighted by atomic mass is 32.2. The van der Waals surface area contributed by atoms with E-state index >= 15 is 0 Å². The van der Waals surface area contributed by atoms with Crippen molar-refractivity contribution in [2.24, 2.45) is 7.05 Å². The third kappa shape index (κ3) is 5.82. The number of carbonyl (C=O) groups is 1. The lowest BCUT2D eigenvalue weighted by atomic mass is 9.90. The molecule has 1 aliphatic carbocycles. The summed E-state index contributed by atoms with van der Waals surface area (Å²) >= 11 is 2.82. The largest absolute Gasteiger partial charge is 0.486 e. The first-order chi connectivity index (χ1) is 15.1. The van der Waals surface area contributed by atoms with E-state index < -0.39 is 0 Å². The van der Waals surface area contributed by atoms with Crippen LogP contribution in [0.4, 0.5) is 5.13 Å².